The van der Waals surface area contributed by atoms with Crippen LogP contribution in [-0.4, -0.2) is 5.54 Å². The quantitative estimate of drug-likeness (QED) is 0.595. The number of benzene rings is 3. The maximum Gasteiger partial charge on any atom is 0.0453 e. The van der Waals surface area contributed by atoms with Crippen LogP contribution in [0.25, 0.3) is 10.8 Å². The van der Waals surface area contributed by atoms with Gasteiger partial charge in [0.2, 0.25) is 0 Å². The molecule has 1 nitrogen and oxygen atoms in total. The van der Waals surface area contributed by atoms with E-state index in [1.165, 1.54) is 46.0 Å². The number of anilines is 1. The van der Waals surface area contributed by atoms with E-state index >= 15 is 0 Å². The van der Waals surface area contributed by atoms with Crippen molar-refractivity contribution in [3.63, 3.8) is 0 Å². The van der Waals surface area contributed by atoms with Gasteiger partial charge < -0.3 is 4.90 Å². The van der Waals surface area contributed by atoms with Crippen molar-refractivity contribution in [2.45, 2.75) is 45.7 Å². The van der Waals surface area contributed by atoms with Gasteiger partial charge in [0, 0.05) is 23.2 Å². The van der Waals surface area contributed by atoms with E-state index in [-0.39, 0.29) is 5.54 Å². The number of hydrogen-bond donors (Lipinski definition) is 0. The van der Waals surface area contributed by atoms with Crippen LogP contribution in [0, 0.1) is 0 Å². The molecule has 1 heteroatoms. The fourth-order valence-electron chi connectivity index (χ4n) is 3.92. The Balaban J connectivity index is 1.86. The molecule has 1 aliphatic carbocycles. The second-order valence-electron chi connectivity index (χ2n) is 7.83. The van der Waals surface area contributed by atoms with Crippen LogP contribution in [0.4, 0.5) is 5.69 Å². The number of aryl methyl sites for hydroxylation is 2. The molecule has 0 fully saturated rings. The van der Waals surface area contributed by atoms with Gasteiger partial charge in [0.25, 0.3) is 0 Å². The Bertz CT molecular complexity index is 861. The molecule has 0 atom stereocenters. The molecule has 0 radical (unpaired) electrons. The summed E-state index contributed by atoms with van der Waals surface area (Å²) in [7, 11) is 0. The Kier molecular flexibility index (Phi) is 3.60. The predicted octanol–water partition coefficient (Wildman–Crippen LogP) is 5.74. The summed E-state index contributed by atoms with van der Waals surface area (Å²) in [6, 6.07) is 22.3. The Labute approximate surface area is 144 Å². The van der Waals surface area contributed by atoms with E-state index in [1.54, 1.807) is 0 Å². The summed E-state index contributed by atoms with van der Waals surface area (Å²) in [5.41, 5.74) is 5.80. The van der Waals surface area contributed by atoms with E-state index in [9.17, 15) is 0 Å². The molecule has 0 spiro atoms. The van der Waals surface area contributed by atoms with Gasteiger partial charge in [-0.3, -0.25) is 0 Å². The zero-order chi connectivity index (χ0) is 16.7. The van der Waals surface area contributed by atoms with Crippen LogP contribution in [0.15, 0.2) is 60.7 Å². The molecule has 0 N–H and O–H groups in total. The second-order valence-corrected chi connectivity index (χ2v) is 7.83. The maximum atomic E-state index is 2.55. The highest BCUT2D eigenvalue weighted by molar-refractivity contribution is 6.00. The van der Waals surface area contributed by atoms with Gasteiger partial charge in [0.05, 0.1) is 0 Å². The smallest absolute Gasteiger partial charge is 0.0453 e. The number of nitrogens with zero attached hydrogens (tertiary/aromatic N) is 1. The number of hydrogen-bond acceptors (Lipinski definition) is 1. The van der Waals surface area contributed by atoms with E-state index < -0.39 is 0 Å². The first-order chi connectivity index (χ1) is 11.5. The van der Waals surface area contributed by atoms with E-state index in [4.69, 9.17) is 0 Å². The van der Waals surface area contributed by atoms with Crippen LogP contribution in [0.5, 0.6) is 0 Å². The lowest BCUT2D eigenvalue weighted by Gasteiger charge is -2.39. The molecule has 0 aliphatic heterocycles. The number of rotatable bonds is 3. The largest absolute Gasteiger partial charge is 0.362 e. The van der Waals surface area contributed by atoms with Crippen LogP contribution in [0.3, 0.4) is 0 Å². The normalized spacial score (nSPS) is 13.5. The van der Waals surface area contributed by atoms with Crippen molar-refractivity contribution >= 4 is 16.5 Å². The molecule has 0 saturated heterocycles. The van der Waals surface area contributed by atoms with Gasteiger partial charge in [-0.05, 0) is 61.8 Å². The molecule has 24 heavy (non-hydrogen) atoms. The summed E-state index contributed by atoms with van der Waals surface area (Å²) >= 11 is 0. The first-order valence-corrected chi connectivity index (χ1v) is 8.89. The van der Waals surface area contributed by atoms with Gasteiger partial charge in [-0.25, -0.2) is 0 Å². The Morgan fingerprint density at radius 2 is 1.50 bits per heavy atom. The van der Waals surface area contributed by atoms with Gasteiger partial charge >= 0.3 is 0 Å². The molecule has 0 amide bonds. The van der Waals surface area contributed by atoms with Crippen molar-refractivity contribution in [2.24, 2.45) is 0 Å². The lowest BCUT2D eigenvalue weighted by molar-refractivity contribution is 0.502. The third-order valence-corrected chi connectivity index (χ3v) is 5.14. The summed E-state index contributed by atoms with van der Waals surface area (Å²) < 4.78 is 0. The molecule has 3 aromatic rings. The molecule has 0 aromatic heterocycles. The van der Waals surface area contributed by atoms with Crippen LogP contribution in [0.2, 0.25) is 0 Å². The van der Waals surface area contributed by atoms with Gasteiger partial charge in [0.15, 0.2) is 0 Å². The monoisotopic (exact) mass is 315 g/mol. The Morgan fingerprint density at radius 3 is 2.21 bits per heavy atom. The van der Waals surface area contributed by atoms with Crippen molar-refractivity contribution in [3.8, 4) is 0 Å². The highest BCUT2D eigenvalue weighted by Gasteiger charge is 2.25. The first-order valence-electron chi connectivity index (χ1n) is 8.89. The third kappa shape index (κ3) is 2.58. The highest BCUT2D eigenvalue weighted by Crippen LogP contribution is 2.39. The third-order valence-electron chi connectivity index (χ3n) is 5.14. The van der Waals surface area contributed by atoms with Crippen molar-refractivity contribution in [1.29, 1.82) is 0 Å². The van der Waals surface area contributed by atoms with Gasteiger partial charge in [-0.1, -0.05) is 54.6 Å². The van der Waals surface area contributed by atoms with Crippen LogP contribution < -0.4 is 4.90 Å². The lowest BCUT2D eigenvalue weighted by Crippen LogP contribution is -2.41. The van der Waals surface area contributed by atoms with Crippen LogP contribution >= 0.6 is 0 Å². The van der Waals surface area contributed by atoms with Gasteiger partial charge in [-0.2, -0.15) is 0 Å². The highest BCUT2D eigenvalue weighted by atomic mass is 15.2. The molecule has 122 valence electrons. The fraction of sp³-hybridized carbons (Fsp3) is 0.304. The SMILES string of the molecule is CC(C)(C)N(Cc1ccccc1)c1ccc2c3c(cccc13)CC2. The minimum atomic E-state index is 0.0638. The molecular formula is C23H25N. The molecule has 3 aromatic carbocycles. The van der Waals surface area contributed by atoms with E-state index in [0.29, 0.717) is 0 Å². The lowest BCUT2D eigenvalue weighted by atomic mass is 9.98. The summed E-state index contributed by atoms with van der Waals surface area (Å²) in [5.74, 6) is 0. The molecule has 4 rings (SSSR count). The average molecular weight is 315 g/mol. The van der Waals surface area contributed by atoms with E-state index in [0.717, 1.165) is 6.54 Å². The molecule has 0 heterocycles. The van der Waals surface area contributed by atoms with Gasteiger partial charge in [0.1, 0.15) is 0 Å². The van der Waals surface area contributed by atoms with Crippen LogP contribution in [0.1, 0.15) is 37.5 Å². The topological polar surface area (TPSA) is 3.24 Å². The molecular weight excluding hydrogens is 290 g/mol. The summed E-state index contributed by atoms with van der Waals surface area (Å²) in [6.07, 6.45) is 2.37. The van der Waals surface area contributed by atoms with Crippen molar-refractivity contribution < 1.29 is 0 Å². The van der Waals surface area contributed by atoms with Crippen molar-refractivity contribution in [1.82, 2.24) is 0 Å². The summed E-state index contributed by atoms with van der Waals surface area (Å²) in [5, 5.41) is 2.91. The van der Waals surface area contributed by atoms with Gasteiger partial charge in [-0.15, -0.1) is 0 Å². The minimum absolute atomic E-state index is 0.0638. The summed E-state index contributed by atoms with van der Waals surface area (Å²) in [4.78, 5) is 2.55. The van der Waals surface area contributed by atoms with Crippen molar-refractivity contribution in [2.75, 3.05) is 4.90 Å². The fourth-order valence-corrected chi connectivity index (χ4v) is 3.92. The minimum Gasteiger partial charge on any atom is -0.362 e. The maximum absolute atomic E-state index is 2.55. The van der Waals surface area contributed by atoms with E-state index in [1.807, 2.05) is 0 Å². The first kappa shape index (κ1) is 15.3. The Morgan fingerprint density at radius 1 is 0.792 bits per heavy atom. The molecule has 1 aliphatic rings. The zero-order valence-corrected chi connectivity index (χ0v) is 14.8. The second kappa shape index (κ2) is 5.66. The summed E-state index contributed by atoms with van der Waals surface area (Å²) in [6.45, 7) is 7.85. The van der Waals surface area contributed by atoms with Crippen LogP contribution in [-0.2, 0) is 19.4 Å². The molecule has 0 saturated carbocycles. The molecule has 0 unspecified atom stereocenters. The predicted molar refractivity (Wildman–Crippen MR) is 104 cm³/mol. The zero-order valence-electron chi connectivity index (χ0n) is 14.8. The van der Waals surface area contributed by atoms with Crippen molar-refractivity contribution in [3.05, 3.63) is 77.4 Å². The molecule has 0 bridgehead atoms. The average Bonchev–Trinajstić information content (AvgIpc) is 2.99. The van der Waals surface area contributed by atoms with E-state index in [2.05, 4.69) is 86.3 Å². The standard InChI is InChI=1S/C23H25N/c1-23(2,3)24(16-17-8-5-4-6-9-17)21-15-14-19-13-12-18-10-7-11-20(21)22(18)19/h4-11,14-15H,12-13,16H2,1-3H3. The Hall–Kier alpha value is -2.28.